The largest absolute Gasteiger partial charge is 0.378 e. The first-order valence-corrected chi connectivity index (χ1v) is 6.25. The summed E-state index contributed by atoms with van der Waals surface area (Å²) in [6.45, 7) is 2.78. The molecule has 2 nitrogen and oxygen atoms in total. The van der Waals surface area contributed by atoms with Gasteiger partial charge in [-0.15, -0.1) is 0 Å². The highest BCUT2D eigenvalue weighted by atomic mass is 35.5. The van der Waals surface area contributed by atoms with Crippen molar-refractivity contribution in [1.29, 1.82) is 0 Å². The van der Waals surface area contributed by atoms with Gasteiger partial charge in [-0.3, -0.25) is 0 Å². The summed E-state index contributed by atoms with van der Waals surface area (Å²) in [7, 11) is 0. The molecule has 0 radical (unpaired) electrons. The van der Waals surface area contributed by atoms with Crippen molar-refractivity contribution in [3.63, 3.8) is 0 Å². The summed E-state index contributed by atoms with van der Waals surface area (Å²) in [5.41, 5.74) is 7.12. The number of halogens is 2. The quantitative estimate of drug-likeness (QED) is 0.904. The second-order valence-electron chi connectivity index (χ2n) is 4.76. The minimum absolute atomic E-state index is 0.0430. The van der Waals surface area contributed by atoms with Gasteiger partial charge >= 0.3 is 0 Å². The van der Waals surface area contributed by atoms with Crippen LogP contribution in [0.1, 0.15) is 18.9 Å². The Balaban J connectivity index is 1.98. The van der Waals surface area contributed by atoms with E-state index in [9.17, 15) is 4.39 Å². The van der Waals surface area contributed by atoms with E-state index in [1.54, 1.807) is 12.1 Å². The first-order valence-electron chi connectivity index (χ1n) is 5.87. The summed E-state index contributed by atoms with van der Waals surface area (Å²) in [6, 6.07) is 4.82. The molecule has 4 heteroatoms. The molecular weight excluding hydrogens is 241 g/mol. The van der Waals surface area contributed by atoms with Crippen LogP contribution in [0, 0.1) is 11.7 Å². The molecule has 1 saturated heterocycles. The van der Waals surface area contributed by atoms with Crippen LogP contribution in [0.25, 0.3) is 0 Å². The van der Waals surface area contributed by atoms with Crippen molar-refractivity contribution in [2.24, 2.45) is 11.7 Å². The highest BCUT2D eigenvalue weighted by Gasteiger charge is 2.27. The van der Waals surface area contributed by atoms with E-state index in [0.29, 0.717) is 18.4 Å². The average molecular weight is 258 g/mol. The number of rotatable bonds is 3. The Hall–Kier alpha value is -0.640. The van der Waals surface area contributed by atoms with Gasteiger partial charge in [0.2, 0.25) is 0 Å². The number of benzene rings is 1. The SMILES string of the molecule is CC1CC(C(N)Cc2ccc(F)c(Cl)c2)CO1. The van der Waals surface area contributed by atoms with E-state index in [2.05, 4.69) is 6.92 Å². The lowest BCUT2D eigenvalue weighted by Crippen LogP contribution is -2.32. The lowest BCUT2D eigenvalue weighted by molar-refractivity contribution is 0.118. The van der Waals surface area contributed by atoms with Gasteiger partial charge in [0.15, 0.2) is 0 Å². The van der Waals surface area contributed by atoms with Crippen molar-refractivity contribution in [2.75, 3.05) is 6.61 Å². The maximum atomic E-state index is 13.0. The fourth-order valence-electron chi connectivity index (χ4n) is 2.25. The summed E-state index contributed by atoms with van der Waals surface area (Å²) in [5.74, 6) is -0.00404. The van der Waals surface area contributed by atoms with E-state index >= 15 is 0 Å². The molecule has 1 aliphatic heterocycles. The third-order valence-corrected chi connectivity index (χ3v) is 3.58. The standard InChI is InChI=1S/C13H17ClFNO/c1-8-4-10(7-17-8)13(16)6-9-2-3-12(15)11(14)5-9/h2-3,5,8,10,13H,4,6-7,16H2,1H3. The molecule has 3 unspecified atom stereocenters. The minimum atomic E-state index is -0.387. The van der Waals surface area contributed by atoms with Gasteiger partial charge in [-0.05, 0) is 37.5 Å². The number of hydrogen-bond acceptors (Lipinski definition) is 2. The van der Waals surface area contributed by atoms with Crippen LogP contribution in [-0.4, -0.2) is 18.8 Å². The fourth-order valence-corrected chi connectivity index (χ4v) is 2.46. The van der Waals surface area contributed by atoms with E-state index in [4.69, 9.17) is 22.1 Å². The van der Waals surface area contributed by atoms with Gasteiger partial charge < -0.3 is 10.5 Å². The lowest BCUT2D eigenvalue weighted by atomic mass is 9.92. The summed E-state index contributed by atoms with van der Waals surface area (Å²) in [6.07, 6.45) is 2.00. The minimum Gasteiger partial charge on any atom is -0.378 e. The van der Waals surface area contributed by atoms with Crippen LogP contribution in [0.5, 0.6) is 0 Å². The van der Waals surface area contributed by atoms with Gasteiger partial charge in [-0.1, -0.05) is 17.7 Å². The van der Waals surface area contributed by atoms with Crippen molar-refractivity contribution in [1.82, 2.24) is 0 Å². The third-order valence-electron chi connectivity index (χ3n) is 3.29. The van der Waals surface area contributed by atoms with Gasteiger partial charge in [0.1, 0.15) is 5.82 Å². The van der Waals surface area contributed by atoms with Crippen LogP contribution < -0.4 is 5.73 Å². The second-order valence-corrected chi connectivity index (χ2v) is 5.16. The zero-order valence-electron chi connectivity index (χ0n) is 9.83. The highest BCUT2D eigenvalue weighted by Crippen LogP contribution is 2.24. The molecule has 1 aromatic rings. The zero-order chi connectivity index (χ0) is 12.4. The van der Waals surface area contributed by atoms with Crippen molar-refractivity contribution in [3.8, 4) is 0 Å². The van der Waals surface area contributed by atoms with Gasteiger partial charge in [0.05, 0.1) is 17.7 Å². The van der Waals surface area contributed by atoms with Gasteiger partial charge in [-0.25, -0.2) is 4.39 Å². The molecule has 0 aliphatic carbocycles. The number of nitrogens with two attached hydrogens (primary N) is 1. The van der Waals surface area contributed by atoms with Crippen LogP contribution in [0.3, 0.4) is 0 Å². The van der Waals surface area contributed by atoms with E-state index in [1.165, 1.54) is 6.07 Å². The second kappa shape index (κ2) is 5.34. The molecule has 0 aromatic heterocycles. The van der Waals surface area contributed by atoms with Crippen molar-refractivity contribution >= 4 is 11.6 Å². The molecule has 1 aromatic carbocycles. The smallest absolute Gasteiger partial charge is 0.141 e. The van der Waals surface area contributed by atoms with E-state index in [1.807, 2.05) is 0 Å². The fraction of sp³-hybridized carbons (Fsp3) is 0.538. The highest BCUT2D eigenvalue weighted by molar-refractivity contribution is 6.30. The zero-order valence-corrected chi connectivity index (χ0v) is 10.6. The normalized spacial score (nSPS) is 26.1. The molecule has 0 amide bonds. The van der Waals surface area contributed by atoms with Crippen molar-refractivity contribution < 1.29 is 9.13 Å². The Morgan fingerprint density at radius 1 is 1.59 bits per heavy atom. The molecule has 0 saturated carbocycles. The maximum Gasteiger partial charge on any atom is 0.141 e. The summed E-state index contributed by atoms with van der Waals surface area (Å²) in [5, 5.41) is 0.158. The molecular formula is C13H17ClFNO. The Morgan fingerprint density at radius 3 is 2.94 bits per heavy atom. The third kappa shape index (κ3) is 3.18. The average Bonchev–Trinajstić information content (AvgIpc) is 2.70. The first kappa shape index (κ1) is 12.8. The molecule has 17 heavy (non-hydrogen) atoms. The van der Waals surface area contributed by atoms with E-state index < -0.39 is 0 Å². The molecule has 1 fully saturated rings. The van der Waals surface area contributed by atoms with Crippen LogP contribution in [0.2, 0.25) is 5.02 Å². The number of ether oxygens (including phenoxy) is 1. The maximum absolute atomic E-state index is 13.0. The first-order chi connectivity index (χ1) is 8.06. The van der Waals surface area contributed by atoms with Gasteiger partial charge in [0, 0.05) is 12.0 Å². The monoisotopic (exact) mass is 257 g/mol. The van der Waals surface area contributed by atoms with Gasteiger partial charge in [-0.2, -0.15) is 0 Å². The molecule has 2 rings (SSSR count). The van der Waals surface area contributed by atoms with Crippen LogP contribution in [-0.2, 0) is 11.2 Å². The molecule has 3 atom stereocenters. The lowest BCUT2D eigenvalue weighted by Gasteiger charge is -2.17. The van der Waals surface area contributed by atoms with Crippen LogP contribution >= 0.6 is 11.6 Å². The van der Waals surface area contributed by atoms with E-state index in [0.717, 1.165) is 18.6 Å². The predicted octanol–water partition coefficient (Wildman–Crippen LogP) is 2.77. The van der Waals surface area contributed by atoms with E-state index in [-0.39, 0.29) is 16.9 Å². The summed E-state index contributed by atoms with van der Waals surface area (Å²) >= 11 is 5.74. The summed E-state index contributed by atoms with van der Waals surface area (Å²) in [4.78, 5) is 0. The molecule has 1 heterocycles. The Morgan fingerprint density at radius 2 is 2.35 bits per heavy atom. The Kier molecular flexibility index (Phi) is 4.02. The van der Waals surface area contributed by atoms with Crippen LogP contribution in [0.4, 0.5) is 4.39 Å². The molecule has 1 aliphatic rings. The summed E-state index contributed by atoms with van der Waals surface area (Å²) < 4.78 is 18.5. The van der Waals surface area contributed by atoms with Gasteiger partial charge in [0.25, 0.3) is 0 Å². The molecule has 0 bridgehead atoms. The topological polar surface area (TPSA) is 35.2 Å². The molecule has 94 valence electrons. The van der Waals surface area contributed by atoms with Crippen LogP contribution in [0.15, 0.2) is 18.2 Å². The Labute approximate surface area is 106 Å². The predicted molar refractivity (Wildman–Crippen MR) is 66.6 cm³/mol. The number of hydrogen-bond donors (Lipinski definition) is 1. The molecule has 0 spiro atoms. The molecule has 2 N–H and O–H groups in total. The van der Waals surface area contributed by atoms with Crippen molar-refractivity contribution in [3.05, 3.63) is 34.6 Å². The Bertz CT molecular complexity index is 399. The van der Waals surface area contributed by atoms with Crippen molar-refractivity contribution in [2.45, 2.75) is 31.9 Å².